The lowest BCUT2D eigenvalue weighted by Crippen LogP contribution is -2.40. The highest BCUT2D eigenvalue weighted by Crippen LogP contribution is 2.17. The molecule has 5 heteroatoms. The van der Waals surface area contributed by atoms with Crippen molar-refractivity contribution >= 4 is 11.6 Å². The van der Waals surface area contributed by atoms with Gasteiger partial charge in [-0.3, -0.25) is 4.79 Å². The summed E-state index contributed by atoms with van der Waals surface area (Å²) in [5.74, 6) is -0.570. The van der Waals surface area contributed by atoms with Gasteiger partial charge in [-0.25, -0.2) is 4.39 Å². The number of anilines is 1. The number of benzene rings is 1. The largest absolute Gasteiger partial charge is 0.372 e. The van der Waals surface area contributed by atoms with Gasteiger partial charge in [0.15, 0.2) is 0 Å². The Kier molecular flexibility index (Phi) is 5.74. The van der Waals surface area contributed by atoms with Crippen LogP contribution >= 0.6 is 0 Å². The van der Waals surface area contributed by atoms with Gasteiger partial charge in [-0.15, -0.1) is 0 Å². The van der Waals surface area contributed by atoms with Crippen molar-refractivity contribution in [2.45, 2.75) is 19.4 Å². The van der Waals surface area contributed by atoms with Gasteiger partial charge in [-0.2, -0.15) is 0 Å². The van der Waals surface area contributed by atoms with Crippen molar-refractivity contribution < 1.29 is 13.9 Å². The minimum absolute atomic E-state index is 0.198. The standard InChI is InChI=1S/C13H19FN2O2/c1-10(18-2)13(17)16(8-4-7-15)12-6-3-5-11(14)9-12/h3,5-6,9-10H,4,7-8,15H2,1-2H3. The van der Waals surface area contributed by atoms with Crippen molar-refractivity contribution in [2.24, 2.45) is 5.73 Å². The molecule has 0 heterocycles. The number of carbonyl (C=O) groups excluding carboxylic acids is 1. The molecule has 1 aromatic rings. The fraction of sp³-hybridized carbons (Fsp3) is 0.462. The number of amides is 1. The third-order valence-electron chi connectivity index (χ3n) is 2.67. The van der Waals surface area contributed by atoms with Crippen molar-refractivity contribution in [3.63, 3.8) is 0 Å². The highest BCUT2D eigenvalue weighted by Gasteiger charge is 2.21. The number of hydrogen-bond donors (Lipinski definition) is 1. The molecule has 0 bridgehead atoms. The Hall–Kier alpha value is -1.46. The average molecular weight is 254 g/mol. The van der Waals surface area contributed by atoms with Crippen LogP contribution in [0.25, 0.3) is 0 Å². The van der Waals surface area contributed by atoms with Crippen LogP contribution in [0.1, 0.15) is 13.3 Å². The first-order valence-electron chi connectivity index (χ1n) is 5.90. The Morgan fingerprint density at radius 1 is 1.56 bits per heavy atom. The molecule has 100 valence electrons. The van der Waals surface area contributed by atoms with Gasteiger partial charge in [0.05, 0.1) is 0 Å². The number of carbonyl (C=O) groups is 1. The number of nitrogens with zero attached hydrogens (tertiary/aromatic N) is 1. The fourth-order valence-electron chi connectivity index (χ4n) is 1.58. The molecule has 0 aromatic heterocycles. The van der Waals surface area contributed by atoms with Crippen molar-refractivity contribution in [3.05, 3.63) is 30.1 Å². The number of methoxy groups -OCH3 is 1. The van der Waals surface area contributed by atoms with E-state index in [0.29, 0.717) is 25.2 Å². The van der Waals surface area contributed by atoms with E-state index in [4.69, 9.17) is 10.5 Å². The lowest BCUT2D eigenvalue weighted by molar-refractivity contribution is -0.127. The van der Waals surface area contributed by atoms with Crippen LogP contribution in [-0.4, -0.2) is 32.2 Å². The van der Waals surface area contributed by atoms with E-state index in [1.165, 1.54) is 24.1 Å². The molecule has 1 amide bonds. The van der Waals surface area contributed by atoms with E-state index in [-0.39, 0.29) is 11.7 Å². The second kappa shape index (κ2) is 7.08. The summed E-state index contributed by atoms with van der Waals surface area (Å²) in [5, 5.41) is 0. The summed E-state index contributed by atoms with van der Waals surface area (Å²) < 4.78 is 18.2. The Balaban J connectivity index is 2.93. The third kappa shape index (κ3) is 3.78. The van der Waals surface area contributed by atoms with Crippen LogP contribution in [0, 0.1) is 5.82 Å². The number of nitrogens with two attached hydrogens (primary N) is 1. The molecule has 0 aliphatic heterocycles. The maximum absolute atomic E-state index is 13.2. The zero-order chi connectivity index (χ0) is 13.5. The Morgan fingerprint density at radius 2 is 2.28 bits per heavy atom. The quantitative estimate of drug-likeness (QED) is 0.837. The maximum Gasteiger partial charge on any atom is 0.255 e. The van der Waals surface area contributed by atoms with Gasteiger partial charge in [0.1, 0.15) is 11.9 Å². The van der Waals surface area contributed by atoms with Gasteiger partial charge in [-0.05, 0) is 38.1 Å². The monoisotopic (exact) mass is 254 g/mol. The molecule has 4 nitrogen and oxygen atoms in total. The normalized spacial score (nSPS) is 12.2. The zero-order valence-corrected chi connectivity index (χ0v) is 10.7. The van der Waals surface area contributed by atoms with Crippen LogP contribution in [-0.2, 0) is 9.53 Å². The summed E-state index contributed by atoms with van der Waals surface area (Å²) in [5.41, 5.74) is 5.98. The Bertz CT molecular complexity index is 398. The molecule has 1 atom stereocenters. The predicted molar refractivity (Wildman–Crippen MR) is 68.9 cm³/mol. The molecule has 0 aliphatic rings. The number of hydrogen-bond acceptors (Lipinski definition) is 3. The van der Waals surface area contributed by atoms with E-state index < -0.39 is 6.10 Å². The van der Waals surface area contributed by atoms with Crippen LogP contribution in [0.5, 0.6) is 0 Å². The van der Waals surface area contributed by atoms with Crippen molar-refractivity contribution in [2.75, 3.05) is 25.1 Å². The van der Waals surface area contributed by atoms with E-state index >= 15 is 0 Å². The number of halogens is 1. The predicted octanol–water partition coefficient (Wildman–Crippen LogP) is 1.54. The van der Waals surface area contributed by atoms with Crippen LogP contribution in [0.2, 0.25) is 0 Å². The third-order valence-corrected chi connectivity index (χ3v) is 2.67. The highest BCUT2D eigenvalue weighted by atomic mass is 19.1. The SMILES string of the molecule is COC(C)C(=O)N(CCCN)c1cccc(F)c1. The summed E-state index contributed by atoms with van der Waals surface area (Å²) in [6.07, 6.45) is 0.0876. The van der Waals surface area contributed by atoms with E-state index in [1.54, 1.807) is 19.1 Å². The van der Waals surface area contributed by atoms with Gasteiger partial charge in [0, 0.05) is 19.3 Å². The summed E-state index contributed by atoms with van der Waals surface area (Å²) in [4.78, 5) is 13.6. The van der Waals surface area contributed by atoms with Crippen molar-refractivity contribution in [3.8, 4) is 0 Å². The topological polar surface area (TPSA) is 55.6 Å². The number of rotatable bonds is 6. The first-order valence-corrected chi connectivity index (χ1v) is 5.90. The van der Waals surface area contributed by atoms with Gasteiger partial charge in [0.25, 0.3) is 5.91 Å². The van der Waals surface area contributed by atoms with E-state index in [2.05, 4.69) is 0 Å². The molecular formula is C13H19FN2O2. The van der Waals surface area contributed by atoms with Gasteiger partial charge in [-0.1, -0.05) is 6.07 Å². The molecule has 1 aromatic carbocycles. The lowest BCUT2D eigenvalue weighted by atomic mass is 10.2. The van der Waals surface area contributed by atoms with E-state index in [1.807, 2.05) is 0 Å². The highest BCUT2D eigenvalue weighted by molar-refractivity contribution is 5.96. The van der Waals surface area contributed by atoms with Crippen molar-refractivity contribution in [1.29, 1.82) is 0 Å². The van der Waals surface area contributed by atoms with Gasteiger partial charge in [0.2, 0.25) is 0 Å². The molecule has 0 spiro atoms. The molecule has 18 heavy (non-hydrogen) atoms. The van der Waals surface area contributed by atoms with E-state index in [0.717, 1.165) is 0 Å². The molecule has 0 saturated carbocycles. The lowest BCUT2D eigenvalue weighted by Gasteiger charge is -2.25. The molecular weight excluding hydrogens is 235 g/mol. The second-order valence-electron chi connectivity index (χ2n) is 3.99. The maximum atomic E-state index is 13.2. The molecule has 0 aliphatic carbocycles. The molecule has 0 saturated heterocycles. The summed E-state index contributed by atoms with van der Waals surface area (Å²) in [6, 6.07) is 5.94. The Labute approximate surface area is 107 Å². The zero-order valence-electron chi connectivity index (χ0n) is 10.7. The molecule has 1 rings (SSSR count). The van der Waals surface area contributed by atoms with Gasteiger partial charge >= 0.3 is 0 Å². The fourth-order valence-corrected chi connectivity index (χ4v) is 1.58. The molecule has 1 unspecified atom stereocenters. The Morgan fingerprint density at radius 3 is 2.83 bits per heavy atom. The molecule has 2 N–H and O–H groups in total. The van der Waals surface area contributed by atoms with Crippen molar-refractivity contribution in [1.82, 2.24) is 0 Å². The summed E-state index contributed by atoms with van der Waals surface area (Å²) >= 11 is 0. The van der Waals surface area contributed by atoms with Crippen LogP contribution in [0.15, 0.2) is 24.3 Å². The summed E-state index contributed by atoms with van der Waals surface area (Å²) in [7, 11) is 1.47. The summed E-state index contributed by atoms with van der Waals surface area (Å²) in [6.45, 7) is 2.59. The number of ether oxygens (including phenoxy) is 1. The second-order valence-corrected chi connectivity index (χ2v) is 3.99. The van der Waals surface area contributed by atoms with Crippen LogP contribution in [0.4, 0.5) is 10.1 Å². The van der Waals surface area contributed by atoms with Crippen LogP contribution < -0.4 is 10.6 Å². The minimum Gasteiger partial charge on any atom is -0.372 e. The molecule has 0 radical (unpaired) electrons. The van der Waals surface area contributed by atoms with Crippen LogP contribution in [0.3, 0.4) is 0 Å². The smallest absolute Gasteiger partial charge is 0.255 e. The first kappa shape index (κ1) is 14.6. The average Bonchev–Trinajstić information content (AvgIpc) is 2.38. The van der Waals surface area contributed by atoms with Gasteiger partial charge < -0.3 is 15.4 Å². The van der Waals surface area contributed by atoms with E-state index in [9.17, 15) is 9.18 Å². The first-order chi connectivity index (χ1) is 8.60. The minimum atomic E-state index is -0.564. The molecule has 0 fully saturated rings.